The van der Waals surface area contributed by atoms with E-state index in [1.165, 1.54) is 0 Å². The Balaban J connectivity index is 1.62. The number of unbranched alkanes of at least 4 members (excludes halogenated alkanes) is 1. The fourth-order valence-corrected chi connectivity index (χ4v) is 4.11. The quantitative estimate of drug-likeness (QED) is 0.661. The zero-order valence-electron chi connectivity index (χ0n) is 16.7. The lowest BCUT2D eigenvalue weighted by Crippen LogP contribution is -2.44. The smallest absolute Gasteiger partial charge is 0.255 e. The molecule has 154 valence electrons. The minimum atomic E-state index is -0.505. The molecule has 2 aromatic rings. The Morgan fingerprint density at radius 3 is 2.45 bits per heavy atom. The van der Waals surface area contributed by atoms with Gasteiger partial charge in [0, 0.05) is 17.0 Å². The maximum atomic E-state index is 12.9. The number of methoxy groups -OCH3 is 1. The monoisotopic (exact) mass is 414 g/mol. The fraction of sp³-hybridized carbons (Fsp3) is 0.364. The van der Waals surface area contributed by atoms with Crippen LogP contribution in [0, 0.1) is 0 Å². The first-order valence-corrected chi connectivity index (χ1v) is 10.8. The molecular formula is C22H26N2O4S. The summed E-state index contributed by atoms with van der Waals surface area (Å²) in [5.74, 6) is 2.20. The van der Waals surface area contributed by atoms with Crippen LogP contribution < -0.4 is 14.8 Å². The molecule has 0 radical (unpaired) electrons. The standard InChI is InChI=1S/C22H26N2O4S/c1-3-4-13-28-19-9-5-16(6-10-19)22(26)24-15-29-14-20(24)21(25)23-17-7-11-18(27-2)12-8-17/h5-12,20H,3-4,13-15H2,1-2H3,(H,23,25). The van der Waals surface area contributed by atoms with Gasteiger partial charge in [-0.25, -0.2) is 0 Å². The molecule has 0 aromatic heterocycles. The molecule has 1 aliphatic rings. The Bertz CT molecular complexity index is 824. The largest absolute Gasteiger partial charge is 0.497 e. The van der Waals surface area contributed by atoms with E-state index in [2.05, 4.69) is 12.2 Å². The van der Waals surface area contributed by atoms with Crippen molar-refractivity contribution in [2.24, 2.45) is 0 Å². The maximum absolute atomic E-state index is 12.9. The van der Waals surface area contributed by atoms with E-state index in [9.17, 15) is 9.59 Å². The van der Waals surface area contributed by atoms with Crippen molar-refractivity contribution in [3.8, 4) is 11.5 Å². The third-order valence-corrected chi connectivity index (χ3v) is 5.68. The van der Waals surface area contributed by atoms with E-state index in [0.717, 1.165) is 24.3 Å². The van der Waals surface area contributed by atoms with E-state index in [4.69, 9.17) is 9.47 Å². The number of hydrogen-bond acceptors (Lipinski definition) is 5. The number of benzene rings is 2. The number of amides is 2. The van der Waals surface area contributed by atoms with Crippen LogP contribution in [0.15, 0.2) is 48.5 Å². The number of carbonyl (C=O) groups excluding carboxylic acids is 2. The minimum absolute atomic E-state index is 0.148. The molecule has 1 saturated heterocycles. The first-order chi connectivity index (χ1) is 14.1. The number of nitrogens with zero attached hydrogens (tertiary/aromatic N) is 1. The molecule has 2 aromatic carbocycles. The van der Waals surface area contributed by atoms with Crippen LogP contribution in [0.5, 0.6) is 11.5 Å². The maximum Gasteiger partial charge on any atom is 0.255 e. The molecule has 2 amide bonds. The summed E-state index contributed by atoms with van der Waals surface area (Å²) >= 11 is 1.57. The van der Waals surface area contributed by atoms with Crippen LogP contribution in [0.25, 0.3) is 0 Å². The molecule has 1 fully saturated rings. The SMILES string of the molecule is CCCCOc1ccc(C(=O)N2CSCC2C(=O)Nc2ccc(OC)cc2)cc1. The molecule has 0 bridgehead atoms. The zero-order valence-corrected chi connectivity index (χ0v) is 17.5. The van der Waals surface area contributed by atoms with Crippen LogP contribution >= 0.6 is 11.8 Å². The van der Waals surface area contributed by atoms with Crippen LogP contribution in [0.1, 0.15) is 30.1 Å². The second kappa shape index (κ2) is 10.2. The van der Waals surface area contributed by atoms with Crippen LogP contribution in [0.4, 0.5) is 5.69 Å². The van der Waals surface area contributed by atoms with E-state index in [0.29, 0.717) is 29.5 Å². The molecular weight excluding hydrogens is 388 g/mol. The van der Waals surface area contributed by atoms with Crippen molar-refractivity contribution in [2.45, 2.75) is 25.8 Å². The van der Waals surface area contributed by atoms with Crippen molar-refractivity contribution in [3.63, 3.8) is 0 Å². The van der Waals surface area contributed by atoms with E-state index in [1.54, 1.807) is 72.3 Å². The predicted octanol–water partition coefficient (Wildman–Crippen LogP) is 4.03. The van der Waals surface area contributed by atoms with E-state index < -0.39 is 6.04 Å². The molecule has 3 rings (SSSR count). The van der Waals surface area contributed by atoms with Crippen LogP contribution in [0.3, 0.4) is 0 Å². The molecule has 1 heterocycles. The van der Waals surface area contributed by atoms with Crippen molar-refractivity contribution in [1.82, 2.24) is 4.90 Å². The number of carbonyl (C=O) groups is 2. The molecule has 6 nitrogen and oxygen atoms in total. The van der Waals surface area contributed by atoms with Gasteiger partial charge in [0.2, 0.25) is 5.91 Å². The van der Waals surface area contributed by atoms with Crippen LogP contribution in [0.2, 0.25) is 0 Å². The third kappa shape index (κ3) is 5.44. The van der Waals surface area contributed by atoms with E-state index >= 15 is 0 Å². The lowest BCUT2D eigenvalue weighted by Gasteiger charge is -2.23. The molecule has 1 N–H and O–H groups in total. The topological polar surface area (TPSA) is 67.9 Å². The van der Waals surface area contributed by atoms with Gasteiger partial charge in [0.05, 0.1) is 19.6 Å². The molecule has 1 aliphatic heterocycles. The van der Waals surface area contributed by atoms with Crippen molar-refractivity contribution < 1.29 is 19.1 Å². The number of rotatable bonds is 8. The molecule has 7 heteroatoms. The van der Waals surface area contributed by atoms with Crippen molar-refractivity contribution in [1.29, 1.82) is 0 Å². The first-order valence-electron chi connectivity index (χ1n) is 9.69. The van der Waals surface area contributed by atoms with Crippen LogP contribution in [-0.4, -0.2) is 48.1 Å². The van der Waals surface area contributed by atoms with E-state index in [1.807, 2.05) is 0 Å². The second-order valence-corrected chi connectivity index (χ2v) is 7.73. The van der Waals surface area contributed by atoms with Gasteiger partial charge < -0.3 is 19.7 Å². The normalized spacial score (nSPS) is 15.8. The molecule has 0 spiro atoms. The fourth-order valence-electron chi connectivity index (χ4n) is 2.95. The Labute approximate surface area is 175 Å². The Morgan fingerprint density at radius 2 is 1.79 bits per heavy atom. The first kappa shape index (κ1) is 21.0. The number of thioether (sulfide) groups is 1. The van der Waals surface area contributed by atoms with Gasteiger partial charge in [-0.15, -0.1) is 11.8 Å². The van der Waals surface area contributed by atoms with Gasteiger partial charge in [0.15, 0.2) is 0 Å². The highest BCUT2D eigenvalue weighted by Gasteiger charge is 2.35. The van der Waals surface area contributed by atoms with Gasteiger partial charge >= 0.3 is 0 Å². The lowest BCUT2D eigenvalue weighted by molar-refractivity contribution is -0.119. The van der Waals surface area contributed by atoms with Gasteiger partial charge in [-0.2, -0.15) is 0 Å². The summed E-state index contributed by atoms with van der Waals surface area (Å²) < 4.78 is 10.8. The lowest BCUT2D eigenvalue weighted by atomic mass is 10.1. The Kier molecular flexibility index (Phi) is 7.41. The summed E-state index contributed by atoms with van der Waals surface area (Å²) in [4.78, 5) is 27.3. The Hall–Kier alpha value is -2.67. The second-order valence-electron chi connectivity index (χ2n) is 6.73. The van der Waals surface area contributed by atoms with Crippen molar-refractivity contribution in [3.05, 3.63) is 54.1 Å². The summed E-state index contributed by atoms with van der Waals surface area (Å²) in [7, 11) is 1.59. The van der Waals surface area contributed by atoms with Gasteiger partial charge in [-0.1, -0.05) is 13.3 Å². The van der Waals surface area contributed by atoms with Crippen molar-refractivity contribution in [2.75, 3.05) is 30.7 Å². The zero-order chi connectivity index (χ0) is 20.6. The highest BCUT2D eigenvalue weighted by molar-refractivity contribution is 7.99. The average Bonchev–Trinajstić information content (AvgIpc) is 3.24. The minimum Gasteiger partial charge on any atom is -0.497 e. The summed E-state index contributed by atoms with van der Waals surface area (Å²) in [6, 6.07) is 13.7. The highest BCUT2D eigenvalue weighted by Crippen LogP contribution is 2.25. The summed E-state index contributed by atoms with van der Waals surface area (Å²) in [6.07, 6.45) is 2.07. The number of ether oxygens (including phenoxy) is 2. The Morgan fingerprint density at radius 1 is 1.10 bits per heavy atom. The third-order valence-electron chi connectivity index (χ3n) is 4.67. The van der Waals surface area contributed by atoms with Gasteiger partial charge in [0.1, 0.15) is 17.5 Å². The molecule has 0 aliphatic carbocycles. The molecule has 1 unspecified atom stereocenters. The molecule has 1 atom stereocenters. The van der Waals surface area contributed by atoms with Gasteiger partial charge in [-0.3, -0.25) is 9.59 Å². The molecule has 0 saturated carbocycles. The van der Waals surface area contributed by atoms with E-state index in [-0.39, 0.29) is 11.8 Å². The summed E-state index contributed by atoms with van der Waals surface area (Å²) in [6.45, 7) is 2.78. The average molecular weight is 415 g/mol. The summed E-state index contributed by atoms with van der Waals surface area (Å²) in [5.41, 5.74) is 1.23. The predicted molar refractivity (Wildman–Crippen MR) is 116 cm³/mol. The van der Waals surface area contributed by atoms with Crippen molar-refractivity contribution >= 4 is 29.3 Å². The number of hydrogen-bond donors (Lipinski definition) is 1. The number of anilines is 1. The summed E-state index contributed by atoms with van der Waals surface area (Å²) in [5, 5.41) is 2.89. The van der Waals surface area contributed by atoms with Gasteiger partial charge in [-0.05, 0) is 55.0 Å². The van der Waals surface area contributed by atoms with Gasteiger partial charge in [0.25, 0.3) is 5.91 Å². The molecule has 29 heavy (non-hydrogen) atoms. The van der Waals surface area contributed by atoms with Crippen LogP contribution in [-0.2, 0) is 4.79 Å². The number of nitrogens with one attached hydrogen (secondary N) is 1. The highest BCUT2D eigenvalue weighted by atomic mass is 32.2.